The number of methoxy groups -OCH3 is 1. The second-order valence-electron chi connectivity index (χ2n) is 4.95. The third kappa shape index (κ3) is 3.19. The van der Waals surface area contributed by atoms with Gasteiger partial charge in [0.1, 0.15) is 6.61 Å². The zero-order valence-corrected chi connectivity index (χ0v) is 12.5. The molecule has 1 aromatic rings. The van der Waals surface area contributed by atoms with Gasteiger partial charge in [-0.15, -0.1) is 0 Å². The first-order valence-corrected chi connectivity index (χ1v) is 7.10. The van der Waals surface area contributed by atoms with Gasteiger partial charge in [-0.1, -0.05) is 0 Å². The molecule has 0 aliphatic carbocycles. The fraction of sp³-hybridized carbons (Fsp3) is 0.714. The van der Waals surface area contributed by atoms with Gasteiger partial charge in [0.15, 0.2) is 0 Å². The zero-order chi connectivity index (χ0) is 14.5. The minimum atomic E-state index is 0.0182. The summed E-state index contributed by atoms with van der Waals surface area (Å²) in [6.07, 6.45) is 2.07. The summed E-state index contributed by atoms with van der Waals surface area (Å²) in [5.41, 5.74) is 2.18. The average molecular weight is 281 g/mol. The highest BCUT2D eigenvalue weighted by Crippen LogP contribution is 2.27. The summed E-state index contributed by atoms with van der Waals surface area (Å²) >= 11 is 0. The largest absolute Gasteiger partial charge is 0.384 e. The van der Waals surface area contributed by atoms with E-state index in [1.165, 1.54) is 5.56 Å². The number of aromatic nitrogens is 2. The molecule has 0 saturated carbocycles. The average Bonchev–Trinajstić information content (AvgIpc) is 2.88. The Morgan fingerprint density at radius 1 is 1.50 bits per heavy atom. The van der Waals surface area contributed by atoms with Crippen LogP contribution in [0.3, 0.4) is 0 Å². The van der Waals surface area contributed by atoms with E-state index in [9.17, 15) is 4.79 Å². The minimum Gasteiger partial charge on any atom is -0.384 e. The van der Waals surface area contributed by atoms with Crippen LogP contribution in [0.25, 0.3) is 0 Å². The van der Waals surface area contributed by atoms with Crippen molar-refractivity contribution in [1.82, 2.24) is 14.7 Å². The van der Waals surface area contributed by atoms with Crippen molar-refractivity contribution in [1.29, 1.82) is 0 Å². The molecule has 1 aliphatic heterocycles. The molecule has 0 N–H and O–H groups in total. The number of carbonyl (C=O) groups excluding carboxylic acids is 1. The number of amides is 1. The summed E-state index contributed by atoms with van der Waals surface area (Å²) in [7, 11) is 1.69. The van der Waals surface area contributed by atoms with Crippen LogP contribution in [0.4, 0.5) is 0 Å². The van der Waals surface area contributed by atoms with Gasteiger partial charge in [-0.2, -0.15) is 5.10 Å². The number of aryl methyl sites for hydroxylation is 1. The van der Waals surface area contributed by atoms with Crippen LogP contribution in [-0.2, 0) is 27.4 Å². The summed E-state index contributed by atoms with van der Waals surface area (Å²) in [4.78, 5) is 13.9. The molecule has 0 aromatic carbocycles. The fourth-order valence-corrected chi connectivity index (χ4v) is 2.53. The van der Waals surface area contributed by atoms with Crippen LogP contribution in [0.1, 0.15) is 31.0 Å². The number of hydrogen-bond donors (Lipinski definition) is 0. The number of carbonyl (C=O) groups is 1. The summed E-state index contributed by atoms with van der Waals surface area (Å²) in [5, 5.41) is 4.54. The molecule has 0 radical (unpaired) electrons. The number of ether oxygens (including phenoxy) is 2. The molecule has 0 unspecified atom stereocenters. The molecule has 6 nitrogen and oxygen atoms in total. The molecule has 112 valence electrons. The topological polar surface area (TPSA) is 56.6 Å². The van der Waals surface area contributed by atoms with Crippen molar-refractivity contribution in [2.45, 2.75) is 32.9 Å². The first kappa shape index (κ1) is 15.0. The molecular weight excluding hydrogens is 258 g/mol. The van der Waals surface area contributed by atoms with Crippen molar-refractivity contribution in [2.75, 3.05) is 33.5 Å². The number of rotatable bonds is 6. The van der Waals surface area contributed by atoms with Gasteiger partial charge in [0, 0.05) is 44.5 Å². The molecule has 1 aliphatic rings. The number of fused-ring (bicyclic) bond motifs is 1. The maximum atomic E-state index is 12.1. The highest BCUT2D eigenvalue weighted by molar-refractivity contribution is 5.77. The van der Waals surface area contributed by atoms with Crippen molar-refractivity contribution in [3.63, 3.8) is 0 Å². The van der Waals surface area contributed by atoms with E-state index < -0.39 is 0 Å². The molecule has 20 heavy (non-hydrogen) atoms. The van der Waals surface area contributed by atoms with E-state index in [1.807, 2.05) is 16.5 Å². The summed E-state index contributed by atoms with van der Waals surface area (Å²) in [6, 6.07) is 0. The van der Waals surface area contributed by atoms with Crippen molar-refractivity contribution in [3.8, 4) is 0 Å². The van der Waals surface area contributed by atoms with Gasteiger partial charge in [-0.3, -0.25) is 9.48 Å². The summed E-state index contributed by atoms with van der Waals surface area (Å²) < 4.78 is 12.4. The molecule has 1 aromatic heterocycles. The van der Waals surface area contributed by atoms with Crippen LogP contribution in [0.5, 0.6) is 0 Å². The van der Waals surface area contributed by atoms with E-state index in [0.717, 1.165) is 12.2 Å². The van der Waals surface area contributed by atoms with Crippen molar-refractivity contribution >= 4 is 5.91 Å². The van der Waals surface area contributed by atoms with Crippen molar-refractivity contribution in [3.05, 3.63) is 17.5 Å². The van der Waals surface area contributed by atoms with E-state index in [2.05, 4.69) is 18.2 Å². The smallest absolute Gasteiger partial charge is 0.248 e. The fourth-order valence-electron chi connectivity index (χ4n) is 2.53. The second kappa shape index (κ2) is 6.85. The summed E-state index contributed by atoms with van der Waals surface area (Å²) in [5.74, 6) is 0.208. The number of nitrogens with zero attached hydrogens (tertiary/aromatic N) is 3. The van der Waals surface area contributed by atoms with Gasteiger partial charge in [-0.05, 0) is 13.8 Å². The highest BCUT2D eigenvalue weighted by Gasteiger charge is 2.30. The number of hydrogen-bond acceptors (Lipinski definition) is 4. The Morgan fingerprint density at radius 3 is 2.95 bits per heavy atom. The van der Waals surface area contributed by atoms with E-state index in [1.54, 1.807) is 7.11 Å². The van der Waals surface area contributed by atoms with Gasteiger partial charge in [0.05, 0.1) is 18.8 Å². The van der Waals surface area contributed by atoms with E-state index in [4.69, 9.17) is 9.47 Å². The Balaban J connectivity index is 2.15. The Kier molecular flexibility index (Phi) is 5.14. The molecule has 1 atom stereocenters. The molecule has 0 fully saturated rings. The van der Waals surface area contributed by atoms with E-state index in [0.29, 0.717) is 26.3 Å². The minimum absolute atomic E-state index is 0.0182. The summed E-state index contributed by atoms with van der Waals surface area (Å²) in [6.45, 7) is 7.30. The monoisotopic (exact) mass is 281 g/mol. The lowest BCUT2D eigenvalue weighted by molar-refractivity contribution is -0.137. The van der Waals surface area contributed by atoms with Crippen molar-refractivity contribution < 1.29 is 14.3 Å². The molecule has 2 heterocycles. The Morgan fingerprint density at radius 2 is 2.30 bits per heavy atom. The van der Waals surface area contributed by atoms with Crippen LogP contribution in [0.2, 0.25) is 0 Å². The lowest BCUT2D eigenvalue weighted by Gasteiger charge is -2.31. The van der Waals surface area contributed by atoms with Gasteiger partial charge < -0.3 is 14.4 Å². The Bertz CT molecular complexity index is 459. The van der Waals surface area contributed by atoms with Gasteiger partial charge >= 0.3 is 0 Å². The normalized spacial score (nSPS) is 18.1. The molecule has 0 saturated heterocycles. The first-order chi connectivity index (χ1) is 9.69. The maximum absolute atomic E-state index is 12.1. The molecule has 0 spiro atoms. The zero-order valence-electron chi connectivity index (χ0n) is 12.5. The third-order valence-corrected chi connectivity index (χ3v) is 3.57. The van der Waals surface area contributed by atoms with Crippen LogP contribution in [-0.4, -0.2) is 54.1 Å². The quantitative estimate of drug-likeness (QED) is 0.781. The van der Waals surface area contributed by atoms with Crippen molar-refractivity contribution in [2.24, 2.45) is 0 Å². The molecule has 0 bridgehead atoms. The molecule has 6 heteroatoms. The molecule has 1 amide bonds. The lowest BCUT2D eigenvalue weighted by Crippen LogP contribution is -2.41. The van der Waals surface area contributed by atoms with Crippen LogP contribution in [0, 0.1) is 0 Å². The van der Waals surface area contributed by atoms with Crippen LogP contribution in [0.15, 0.2) is 6.20 Å². The maximum Gasteiger partial charge on any atom is 0.248 e. The molecule has 2 rings (SSSR count). The van der Waals surface area contributed by atoms with Crippen LogP contribution < -0.4 is 0 Å². The third-order valence-electron chi connectivity index (χ3n) is 3.57. The predicted molar refractivity (Wildman–Crippen MR) is 74.4 cm³/mol. The lowest BCUT2D eigenvalue weighted by atomic mass is 9.95. The van der Waals surface area contributed by atoms with E-state index in [-0.39, 0.29) is 18.4 Å². The van der Waals surface area contributed by atoms with Gasteiger partial charge in [-0.25, -0.2) is 0 Å². The predicted octanol–water partition coefficient (Wildman–Crippen LogP) is 1.01. The highest BCUT2D eigenvalue weighted by atomic mass is 16.5. The molecular formula is C14H23N3O3. The Hall–Kier alpha value is -1.40. The first-order valence-electron chi connectivity index (χ1n) is 7.10. The SMILES string of the molecule is CCOCC(=O)N1Cc2nn(CC)cc2[C@@H](COC)C1. The standard InChI is InChI=1S/C14H23N3O3/c1-4-17-7-12-11(9-19-3)6-16(8-13(12)15-17)14(18)10-20-5-2/h7,11H,4-6,8-10H2,1-3H3/t11-/m1/s1. The van der Waals surface area contributed by atoms with Gasteiger partial charge in [0.2, 0.25) is 5.91 Å². The van der Waals surface area contributed by atoms with Crippen LogP contribution >= 0.6 is 0 Å². The Labute approximate surface area is 119 Å². The van der Waals surface area contributed by atoms with E-state index >= 15 is 0 Å². The second-order valence-corrected chi connectivity index (χ2v) is 4.95. The van der Waals surface area contributed by atoms with Gasteiger partial charge in [0.25, 0.3) is 0 Å².